The Hall–Kier alpha value is -3.10. The van der Waals surface area contributed by atoms with Crippen LogP contribution in [0.25, 0.3) is 0 Å². The summed E-state index contributed by atoms with van der Waals surface area (Å²) in [7, 11) is 2.97. The summed E-state index contributed by atoms with van der Waals surface area (Å²) in [6.45, 7) is 0. The summed E-state index contributed by atoms with van der Waals surface area (Å²) >= 11 is 0. The van der Waals surface area contributed by atoms with Gasteiger partial charge >= 0.3 is 11.8 Å². The molecule has 9 nitrogen and oxygen atoms in total. The van der Waals surface area contributed by atoms with Gasteiger partial charge < -0.3 is 14.8 Å². The molecule has 0 saturated heterocycles. The molecule has 0 atom stereocenters. The molecular weight excluding hydrogens is 278 g/mol. The van der Waals surface area contributed by atoms with Crippen molar-refractivity contribution in [2.24, 2.45) is 0 Å². The quantitative estimate of drug-likeness (QED) is 0.702. The second kappa shape index (κ2) is 6.37. The van der Waals surface area contributed by atoms with Crippen molar-refractivity contribution in [1.82, 2.24) is 15.2 Å². The van der Waals surface area contributed by atoms with E-state index < -0.39 is 11.8 Å². The lowest BCUT2D eigenvalue weighted by molar-refractivity contribution is -0.133. The molecule has 0 spiro atoms. The van der Waals surface area contributed by atoms with Crippen LogP contribution in [0.15, 0.2) is 24.5 Å². The van der Waals surface area contributed by atoms with Crippen LogP contribution in [0.2, 0.25) is 0 Å². The van der Waals surface area contributed by atoms with E-state index in [0.29, 0.717) is 17.2 Å². The number of rotatable bonds is 4. The molecule has 0 fully saturated rings. The van der Waals surface area contributed by atoms with Gasteiger partial charge in [-0.1, -0.05) is 0 Å². The standard InChI is InChI=1S/C12H13N5O4/c1-20-8-4-3-7(5-9(8)21-2)15-10(18)11(19)16-12-13-6-14-17-12/h3-6H,1-2H3,(H,15,18)(H2,13,14,16,17,19). The van der Waals surface area contributed by atoms with Gasteiger partial charge in [0.05, 0.1) is 14.2 Å². The molecule has 1 aromatic carbocycles. The van der Waals surface area contributed by atoms with Crippen LogP contribution in [0.3, 0.4) is 0 Å². The molecular formula is C12H13N5O4. The fourth-order valence-corrected chi connectivity index (χ4v) is 1.53. The maximum absolute atomic E-state index is 11.7. The predicted molar refractivity (Wildman–Crippen MR) is 73.2 cm³/mol. The number of anilines is 2. The van der Waals surface area contributed by atoms with Gasteiger partial charge in [0.15, 0.2) is 11.5 Å². The monoisotopic (exact) mass is 291 g/mol. The highest BCUT2D eigenvalue weighted by atomic mass is 16.5. The van der Waals surface area contributed by atoms with E-state index in [4.69, 9.17) is 9.47 Å². The van der Waals surface area contributed by atoms with E-state index in [0.717, 1.165) is 0 Å². The smallest absolute Gasteiger partial charge is 0.316 e. The minimum atomic E-state index is -0.874. The lowest BCUT2D eigenvalue weighted by atomic mass is 10.2. The van der Waals surface area contributed by atoms with Gasteiger partial charge in [-0.05, 0) is 12.1 Å². The molecule has 2 amide bonds. The molecule has 0 radical (unpaired) electrons. The van der Waals surface area contributed by atoms with Crippen LogP contribution in [-0.4, -0.2) is 41.2 Å². The third kappa shape index (κ3) is 3.47. The Labute approximate surface area is 119 Å². The van der Waals surface area contributed by atoms with Gasteiger partial charge in [0.2, 0.25) is 5.95 Å². The van der Waals surface area contributed by atoms with Crippen LogP contribution in [0, 0.1) is 0 Å². The molecule has 21 heavy (non-hydrogen) atoms. The summed E-state index contributed by atoms with van der Waals surface area (Å²) in [6, 6.07) is 4.74. The second-order valence-corrected chi connectivity index (χ2v) is 3.81. The van der Waals surface area contributed by atoms with Crippen molar-refractivity contribution in [2.45, 2.75) is 0 Å². The summed E-state index contributed by atoms with van der Waals surface area (Å²) in [6.07, 6.45) is 1.21. The highest BCUT2D eigenvalue weighted by molar-refractivity contribution is 6.43. The van der Waals surface area contributed by atoms with Crippen LogP contribution in [0.5, 0.6) is 11.5 Å². The lowest BCUT2D eigenvalue weighted by Gasteiger charge is -2.10. The first-order chi connectivity index (χ1) is 10.1. The number of H-pyrrole nitrogens is 1. The van der Waals surface area contributed by atoms with Crippen molar-refractivity contribution in [3.63, 3.8) is 0 Å². The fraction of sp³-hybridized carbons (Fsp3) is 0.167. The topological polar surface area (TPSA) is 118 Å². The molecule has 0 unspecified atom stereocenters. The molecule has 0 aliphatic carbocycles. The van der Waals surface area contributed by atoms with Crippen molar-refractivity contribution < 1.29 is 19.1 Å². The normalized spacial score (nSPS) is 9.81. The maximum atomic E-state index is 11.7. The van der Waals surface area contributed by atoms with Crippen LogP contribution in [0.4, 0.5) is 11.6 Å². The largest absolute Gasteiger partial charge is 0.493 e. The minimum Gasteiger partial charge on any atom is -0.493 e. The van der Waals surface area contributed by atoms with Crippen LogP contribution >= 0.6 is 0 Å². The Kier molecular flexibility index (Phi) is 4.34. The number of nitrogens with zero attached hydrogens (tertiary/aromatic N) is 2. The molecule has 2 aromatic rings. The van der Waals surface area contributed by atoms with E-state index in [1.165, 1.54) is 20.5 Å². The molecule has 0 bridgehead atoms. The van der Waals surface area contributed by atoms with Crippen molar-refractivity contribution in [3.8, 4) is 11.5 Å². The molecule has 2 rings (SSSR count). The summed E-state index contributed by atoms with van der Waals surface area (Å²) in [5, 5.41) is 10.6. The summed E-state index contributed by atoms with van der Waals surface area (Å²) in [5.74, 6) is -0.685. The van der Waals surface area contributed by atoms with Crippen molar-refractivity contribution >= 4 is 23.5 Å². The number of benzene rings is 1. The predicted octanol–water partition coefficient (Wildman–Crippen LogP) is 0.399. The van der Waals surface area contributed by atoms with Crippen molar-refractivity contribution in [1.29, 1.82) is 0 Å². The molecule has 3 N–H and O–H groups in total. The zero-order chi connectivity index (χ0) is 15.2. The van der Waals surface area contributed by atoms with E-state index in [2.05, 4.69) is 25.8 Å². The Bertz CT molecular complexity index is 641. The van der Waals surface area contributed by atoms with Gasteiger partial charge in [-0.3, -0.25) is 14.9 Å². The first-order valence-corrected chi connectivity index (χ1v) is 5.83. The fourth-order valence-electron chi connectivity index (χ4n) is 1.53. The van der Waals surface area contributed by atoms with E-state index in [9.17, 15) is 9.59 Å². The van der Waals surface area contributed by atoms with Crippen LogP contribution in [0.1, 0.15) is 0 Å². The maximum Gasteiger partial charge on any atom is 0.316 e. The van der Waals surface area contributed by atoms with E-state index >= 15 is 0 Å². The molecule has 0 aliphatic rings. The summed E-state index contributed by atoms with van der Waals surface area (Å²) < 4.78 is 10.2. The SMILES string of the molecule is COc1ccc(NC(=O)C(=O)Nc2ncn[nH]2)cc1OC. The lowest BCUT2D eigenvalue weighted by Crippen LogP contribution is -2.29. The molecule has 110 valence electrons. The zero-order valence-electron chi connectivity index (χ0n) is 11.3. The molecule has 1 aromatic heterocycles. The summed E-state index contributed by atoms with van der Waals surface area (Å²) in [4.78, 5) is 27.0. The molecule has 9 heteroatoms. The van der Waals surface area contributed by atoms with Crippen molar-refractivity contribution in [2.75, 3.05) is 24.9 Å². The first kappa shape index (κ1) is 14.3. The second-order valence-electron chi connectivity index (χ2n) is 3.81. The number of carbonyl (C=O) groups is 2. The van der Waals surface area contributed by atoms with Crippen molar-refractivity contribution in [3.05, 3.63) is 24.5 Å². The van der Waals surface area contributed by atoms with E-state index in [1.807, 2.05) is 0 Å². The Morgan fingerprint density at radius 3 is 2.43 bits per heavy atom. The van der Waals surface area contributed by atoms with Gasteiger partial charge in [0.25, 0.3) is 0 Å². The molecule has 1 heterocycles. The average Bonchev–Trinajstić information content (AvgIpc) is 2.99. The van der Waals surface area contributed by atoms with Crippen LogP contribution < -0.4 is 20.1 Å². The van der Waals surface area contributed by atoms with Gasteiger partial charge in [0.1, 0.15) is 6.33 Å². The van der Waals surface area contributed by atoms with Crippen LogP contribution in [-0.2, 0) is 9.59 Å². The third-order valence-corrected chi connectivity index (χ3v) is 2.49. The highest BCUT2D eigenvalue weighted by Crippen LogP contribution is 2.29. The van der Waals surface area contributed by atoms with Gasteiger partial charge in [-0.25, -0.2) is 5.10 Å². The number of methoxy groups -OCH3 is 2. The average molecular weight is 291 g/mol. The van der Waals surface area contributed by atoms with Gasteiger partial charge in [-0.2, -0.15) is 10.1 Å². The highest BCUT2D eigenvalue weighted by Gasteiger charge is 2.16. The Balaban J connectivity index is 2.03. The number of aromatic nitrogens is 3. The van der Waals surface area contributed by atoms with Gasteiger partial charge in [-0.15, -0.1) is 0 Å². The number of aromatic amines is 1. The van der Waals surface area contributed by atoms with E-state index in [-0.39, 0.29) is 5.95 Å². The first-order valence-electron chi connectivity index (χ1n) is 5.83. The number of hydrogen-bond donors (Lipinski definition) is 3. The number of carbonyl (C=O) groups excluding carboxylic acids is 2. The number of hydrogen-bond acceptors (Lipinski definition) is 6. The summed E-state index contributed by atoms with van der Waals surface area (Å²) in [5.41, 5.74) is 0.394. The Morgan fingerprint density at radius 1 is 1.10 bits per heavy atom. The van der Waals surface area contributed by atoms with Gasteiger partial charge in [0, 0.05) is 11.8 Å². The third-order valence-electron chi connectivity index (χ3n) is 2.49. The Morgan fingerprint density at radius 2 is 1.81 bits per heavy atom. The number of nitrogens with one attached hydrogen (secondary N) is 3. The molecule has 0 aliphatic heterocycles. The number of amides is 2. The molecule has 0 saturated carbocycles. The minimum absolute atomic E-state index is 0.0856. The number of ether oxygens (including phenoxy) is 2. The van der Waals surface area contributed by atoms with E-state index in [1.54, 1.807) is 18.2 Å². The zero-order valence-corrected chi connectivity index (χ0v) is 11.3.